The summed E-state index contributed by atoms with van der Waals surface area (Å²) < 4.78 is 0. The number of unbranched alkanes of at least 4 members (excludes halogenated alkanes) is 1. The van der Waals surface area contributed by atoms with E-state index in [0.717, 1.165) is 37.5 Å². The lowest BCUT2D eigenvalue weighted by molar-refractivity contribution is -0.107. The molecule has 1 aliphatic carbocycles. The SMILES string of the molecule is CCCCc1ccc(-c2ccc(-c3ccc4c(c3)C(CCC)(CC(C)C)c3cc(CC=O)ccc3-4)s2)cc1. The minimum atomic E-state index is -0.00308. The van der Waals surface area contributed by atoms with Crippen molar-refractivity contribution in [3.63, 3.8) is 0 Å². The Morgan fingerprint density at radius 2 is 1.39 bits per heavy atom. The molecule has 1 aliphatic rings. The van der Waals surface area contributed by atoms with E-state index in [9.17, 15) is 4.79 Å². The van der Waals surface area contributed by atoms with E-state index in [4.69, 9.17) is 0 Å². The molecule has 1 atom stereocenters. The van der Waals surface area contributed by atoms with Gasteiger partial charge in [0, 0.05) is 21.6 Å². The van der Waals surface area contributed by atoms with Gasteiger partial charge in [0.1, 0.15) is 6.29 Å². The predicted octanol–water partition coefficient (Wildman–Crippen LogP) is 10.3. The lowest BCUT2D eigenvalue weighted by atomic mass is 9.69. The smallest absolute Gasteiger partial charge is 0.124 e. The Kier molecular flexibility index (Phi) is 8.00. The van der Waals surface area contributed by atoms with Crippen LogP contribution in [0, 0.1) is 5.92 Å². The molecule has 0 amide bonds. The van der Waals surface area contributed by atoms with Crippen LogP contribution in [0.1, 0.15) is 82.1 Å². The zero-order chi connectivity index (χ0) is 26.7. The molecule has 0 saturated carbocycles. The average Bonchev–Trinajstić information content (AvgIpc) is 3.50. The number of hydrogen-bond donors (Lipinski definition) is 0. The summed E-state index contributed by atoms with van der Waals surface area (Å²) in [6.07, 6.45) is 8.53. The van der Waals surface area contributed by atoms with Crippen LogP contribution in [-0.4, -0.2) is 6.29 Å². The number of benzene rings is 3. The summed E-state index contributed by atoms with van der Waals surface area (Å²) in [5.74, 6) is 0.576. The van der Waals surface area contributed by atoms with Gasteiger partial charge in [0.15, 0.2) is 0 Å². The molecule has 1 nitrogen and oxygen atoms in total. The molecule has 4 aromatic rings. The summed E-state index contributed by atoms with van der Waals surface area (Å²) in [4.78, 5) is 14.0. The molecule has 0 radical (unpaired) electrons. The van der Waals surface area contributed by atoms with E-state index in [2.05, 4.69) is 100 Å². The van der Waals surface area contributed by atoms with E-state index in [-0.39, 0.29) is 5.41 Å². The molecule has 38 heavy (non-hydrogen) atoms. The highest BCUT2D eigenvalue weighted by Gasteiger charge is 2.43. The van der Waals surface area contributed by atoms with Gasteiger partial charge in [0.05, 0.1) is 0 Å². The molecule has 0 saturated heterocycles. The van der Waals surface area contributed by atoms with Gasteiger partial charge < -0.3 is 4.79 Å². The molecular weight excluding hydrogens is 480 g/mol. The number of thiophene rings is 1. The van der Waals surface area contributed by atoms with E-state index in [1.54, 1.807) is 0 Å². The number of aldehydes is 1. The summed E-state index contributed by atoms with van der Waals surface area (Å²) >= 11 is 1.89. The largest absolute Gasteiger partial charge is 0.303 e. The molecule has 1 unspecified atom stereocenters. The summed E-state index contributed by atoms with van der Waals surface area (Å²) in [5, 5.41) is 0. The number of aryl methyl sites for hydroxylation is 1. The predicted molar refractivity (Wildman–Crippen MR) is 164 cm³/mol. The van der Waals surface area contributed by atoms with Crippen LogP contribution >= 0.6 is 11.3 Å². The second-order valence-corrected chi connectivity index (χ2v) is 12.5. The van der Waals surface area contributed by atoms with Crippen molar-refractivity contribution in [1.29, 1.82) is 0 Å². The molecule has 0 fully saturated rings. The van der Waals surface area contributed by atoms with Crippen molar-refractivity contribution in [3.05, 3.63) is 95.1 Å². The zero-order valence-electron chi connectivity index (χ0n) is 23.3. The summed E-state index contributed by atoms with van der Waals surface area (Å²) in [6.45, 7) is 9.23. The molecule has 0 spiro atoms. The molecule has 196 valence electrons. The highest BCUT2D eigenvalue weighted by molar-refractivity contribution is 7.18. The minimum absolute atomic E-state index is 0.00308. The van der Waals surface area contributed by atoms with Gasteiger partial charge >= 0.3 is 0 Å². The van der Waals surface area contributed by atoms with Crippen LogP contribution in [0.4, 0.5) is 0 Å². The third kappa shape index (κ3) is 5.04. The van der Waals surface area contributed by atoms with Crippen molar-refractivity contribution in [2.24, 2.45) is 5.92 Å². The summed E-state index contributed by atoms with van der Waals surface area (Å²) in [5.41, 5.74) is 10.8. The highest BCUT2D eigenvalue weighted by Crippen LogP contribution is 2.55. The van der Waals surface area contributed by atoms with Gasteiger partial charge in [-0.25, -0.2) is 0 Å². The van der Waals surface area contributed by atoms with Gasteiger partial charge in [-0.1, -0.05) is 95.1 Å². The lowest BCUT2D eigenvalue weighted by Crippen LogP contribution is -2.27. The van der Waals surface area contributed by atoms with E-state index in [1.807, 2.05) is 11.3 Å². The maximum absolute atomic E-state index is 11.3. The Morgan fingerprint density at radius 3 is 2.05 bits per heavy atom. The first-order valence-corrected chi connectivity index (χ1v) is 15.2. The maximum Gasteiger partial charge on any atom is 0.124 e. The van der Waals surface area contributed by atoms with Crippen LogP contribution in [0.5, 0.6) is 0 Å². The first-order chi connectivity index (χ1) is 18.5. The molecule has 0 aliphatic heterocycles. The van der Waals surface area contributed by atoms with Gasteiger partial charge in [-0.3, -0.25) is 0 Å². The maximum atomic E-state index is 11.3. The number of rotatable bonds is 11. The lowest BCUT2D eigenvalue weighted by Gasteiger charge is -2.34. The summed E-state index contributed by atoms with van der Waals surface area (Å²) in [7, 11) is 0. The Hall–Kier alpha value is -2.97. The number of hydrogen-bond acceptors (Lipinski definition) is 2. The highest BCUT2D eigenvalue weighted by atomic mass is 32.1. The fourth-order valence-corrected chi connectivity index (χ4v) is 7.51. The second-order valence-electron chi connectivity index (χ2n) is 11.4. The Morgan fingerprint density at radius 1 is 0.763 bits per heavy atom. The Balaban J connectivity index is 1.54. The fraction of sp³-hybridized carbons (Fsp3) is 0.361. The molecule has 5 rings (SSSR count). The van der Waals surface area contributed by atoms with Crippen molar-refractivity contribution in [2.75, 3.05) is 0 Å². The van der Waals surface area contributed by atoms with E-state index < -0.39 is 0 Å². The first kappa shape index (κ1) is 26.6. The van der Waals surface area contributed by atoms with Crippen LogP contribution in [-0.2, 0) is 23.1 Å². The number of fused-ring (bicyclic) bond motifs is 3. The van der Waals surface area contributed by atoms with Crippen molar-refractivity contribution in [3.8, 4) is 32.0 Å². The molecule has 0 bridgehead atoms. The van der Waals surface area contributed by atoms with Crippen molar-refractivity contribution < 1.29 is 4.79 Å². The monoisotopic (exact) mass is 520 g/mol. The van der Waals surface area contributed by atoms with E-state index >= 15 is 0 Å². The Bertz CT molecular complexity index is 1410. The minimum Gasteiger partial charge on any atom is -0.303 e. The molecule has 3 aromatic carbocycles. The van der Waals surface area contributed by atoms with Crippen LogP contribution < -0.4 is 0 Å². The number of carbonyl (C=O) groups excluding carboxylic acids is 1. The third-order valence-corrected chi connectivity index (χ3v) is 9.31. The second kappa shape index (κ2) is 11.4. The quantitative estimate of drug-likeness (QED) is 0.180. The molecule has 1 heterocycles. The number of carbonyl (C=O) groups is 1. The van der Waals surface area contributed by atoms with E-state index in [1.165, 1.54) is 61.5 Å². The van der Waals surface area contributed by atoms with Crippen LogP contribution in [0.25, 0.3) is 32.0 Å². The molecule has 2 heteroatoms. The van der Waals surface area contributed by atoms with Gasteiger partial charge in [-0.15, -0.1) is 11.3 Å². The van der Waals surface area contributed by atoms with Crippen molar-refractivity contribution in [1.82, 2.24) is 0 Å². The van der Waals surface area contributed by atoms with Crippen LogP contribution in [0.3, 0.4) is 0 Å². The molecular formula is C36H40OS. The van der Waals surface area contributed by atoms with Gasteiger partial charge in [0.2, 0.25) is 0 Å². The van der Waals surface area contributed by atoms with Crippen molar-refractivity contribution in [2.45, 2.75) is 78.1 Å². The third-order valence-electron chi connectivity index (χ3n) is 8.13. The topological polar surface area (TPSA) is 17.1 Å². The Labute approximate surface area is 233 Å². The van der Waals surface area contributed by atoms with Crippen LogP contribution in [0.15, 0.2) is 72.8 Å². The zero-order valence-corrected chi connectivity index (χ0v) is 24.2. The standard InChI is InChI=1S/C36H40OS/c1-5-7-8-26-9-12-28(13-10-26)34-17-18-35(38-34)29-14-16-31-30-15-11-27(19-21-37)22-32(30)36(20-6-2,24-25(3)4)33(31)23-29/h9-18,21-23,25H,5-8,19-20,24H2,1-4H3. The van der Waals surface area contributed by atoms with Crippen LogP contribution in [0.2, 0.25) is 0 Å². The fourth-order valence-electron chi connectivity index (χ4n) is 6.50. The summed E-state index contributed by atoms with van der Waals surface area (Å²) in [6, 6.07) is 27.6. The van der Waals surface area contributed by atoms with Gasteiger partial charge in [-0.05, 0) is 94.3 Å². The average molecular weight is 521 g/mol. The normalized spacial score (nSPS) is 16.0. The van der Waals surface area contributed by atoms with E-state index in [0.29, 0.717) is 12.3 Å². The first-order valence-electron chi connectivity index (χ1n) is 14.4. The van der Waals surface area contributed by atoms with Gasteiger partial charge in [-0.2, -0.15) is 0 Å². The van der Waals surface area contributed by atoms with Crippen molar-refractivity contribution >= 4 is 17.6 Å². The van der Waals surface area contributed by atoms with Gasteiger partial charge in [0.25, 0.3) is 0 Å². The molecule has 0 N–H and O–H groups in total. The molecule has 1 aromatic heterocycles.